The molecule has 1 aliphatic rings. The fourth-order valence-electron chi connectivity index (χ4n) is 2.39. The van der Waals surface area contributed by atoms with Crippen molar-refractivity contribution in [3.05, 3.63) is 23.8 Å². The molecule has 3 nitrogen and oxygen atoms in total. The van der Waals surface area contributed by atoms with E-state index in [4.69, 9.17) is 9.47 Å². The Morgan fingerprint density at radius 2 is 1.61 bits per heavy atom. The van der Waals surface area contributed by atoms with Crippen LogP contribution in [0.2, 0.25) is 0 Å². The molecule has 0 radical (unpaired) electrons. The average molecular weight is 248 g/mol. The molecule has 1 heterocycles. The van der Waals surface area contributed by atoms with Gasteiger partial charge in [-0.2, -0.15) is 0 Å². The molecule has 1 aliphatic heterocycles. The zero-order valence-corrected chi connectivity index (χ0v) is 11.6. The second-order valence-corrected chi connectivity index (χ2v) is 5.45. The largest absolute Gasteiger partial charge is 0.448 e. The van der Waals surface area contributed by atoms with Crippen LogP contribution >= 0.6 is 0 Å². The molecule has 1 aromatic rings. The van der Waals surface area contributed by atoms with Crippen LogP contribution in [0.3, 0.4) is 0 Å². The number of benzene rings is 1. The van der Waals surface area contributed by atoms with Crippen molar-refractivity contribution in [1.29, 1.82) is 0 Å². The van der Waals surface area contributed by atoms with E-state index in [1.807, 2.05) is 6.07 Å². The molecule has 3 heteroatoms. The summed E-state index contributed by atoms with van der Waals surface area (Å²) in [7, 11) is 0. The fraction of sp³-hybridized carbons (Fsp3) is 0.533. The Morgan fingerprint density at radius 3 is 2.11 bits per heavy atom. The Kier molecular flexibility index (Phi) is 3.09. The quantitative estimate of drug-likeness (QED) is 0.766. The van der Waals surface area contributed by atoms with E-state index in [2.05, 4.69) is 27.7 Å². The first kappa shape index (κ1) is 12.9. The van der Waals surface area contributed by atoms with Gasteiger partial charge in [0, 0.05) is 17.4 Å². The van der Waals surface area contributed by atoms with Crippen LogP contribution in [0, 0.1) is 11.8 Å². The number of hydrogen-bond acceptors (Lipinski definition) is 3. The summed E-state index contributed by atoms with van der Waals surface area (Å²) in [5.41, 5.74) is 0.653. The predicted molar refractivity (Wildman–Crippen MR) is 70.1 cm³/mol. The molecule has 0 fully saturated rings. The van der Waals surface area contributed by atoms with Gasteiger partial charge >= 0.3 is 0 Å². The van der Waals surface area contributed by atoms with E-state index < -0.39 is 5.79 Å². The van der Waals surface area contributed by atoms with E-state index in [0.717, 1.165) is 5.75 Å². The van der Waals surface area contributed by atoms with Gasteiger partial charge in [-0.25, -0.2) is 0 Å². The van der Waals surface area contributed by atoms with Gasteiger partial charge in [0.2, 0.25) is 0 Å². The summed E-state index contributed by atoms with van der Waals surface area (Å²) in [6.45, 7) is 9.88. The maximum atomic E-state index is 11.4. The van der Waals surface area contributed by atoms with Crippen LogP contribution in [0.15, 0.2) is 18.2 Å². The van der Waals surface area contributed by atoms with Crippen LogP contribution in [0.5, 0.6) is 11.5 Å². The molecule has 0 spiro atoms. The summed E-state index contributed by atoms with van der Waals surface area (Å²) in [6.07, 6.45) is 0. The number of rotatable bonds is 3. The minimum atomic E-state index is -0.627. The first-order chi connectivity index (χ1) is 8.36. The Morgan fingerprint density at radius 1 is 1.06 bits per heavy atom. The average Bonchev–Trinajstić information content (AvgIpc) is 2.68. The van der Waals surface area contributed by atoms with Crippen LogP contribution in [-0.4, -0.2) is 11.6 Å². The Labute approximate surface area is 108 Å². The summed E-state index contributed by atoms with van der Waals surface area (Å²) in [4.78, 5) is 11.4. The number of fused-ring (bicyclic) bond motifs is 1. The van der Waals surface area contributed by atoms with Crippen LogP contribution in [0.1, 0.15) is 45.0 Å². The Balaban J connectivity index is 2.39. The topological polar surface area (TPSA) is 35.5 Å². The SMILES string of the molecule is CC(=O)c1ccc2c(c1)OC(C(C)C)(C(C)C)O2. The molecule has 0 bridgehead atoms. The van der Waals surface area contributed by atoms with Crippen molar-refractivity contribution in [3.63, 3.8) is 0 Å². The third kappa shape index (κ3) is 1.88. The van der Waals surface area contributed by atoms with Crippen LogP contribution in [0.4, 0.5) is 0 Å². The molecule has 0 atom stereocenters. The molecule has 98 valence electrons. The minimum absolute atomic E-state index is 0.0352. The van der Waals surface area contributed by atoms with Gasteiger partial charge < -0.3 is 9.47 Å². The van der Waals surface area contributed by atoms with Crippen LogP contribution in [-0.2, 0) is 0 Å². The lowest BCUT2D eigenvalue weighted by molar-refractivity contribution is -0.150. The second-order valence-electron chi connectivity index (χ2n) is 5.45. The number of Topliss-reactive ketones (excluding diaryl/α,β-unsaturated/α-hetero) is 1. The minimum Gasteiger partial charge on any atom is -0.448 e. The number of ether oxygens (including phenoxy) is 2. The number of hydrogen-bond donors (Lipinski definition) is 0. The molecule has 18 heavy (non-hydrogen) atoms. The first-order valence-corrected chi connectivity index (χ1v) is 6.40. The smallest absolute Gasteiger partial charge is 0.256 e. The molecule has 0 amide bonds. The highest BCUT2D eigenvalue weighted by Crippen LogP contribution is 2.46. The molecular weight excluding hydrogens is 228 g/mol. The zero-order valence-electron chi connectivity index (χ0n) is 11.6. The van der Waals surface area contributed by atoms with E-state index in [1.54, 1.807) is 19.1 Å². The third-order valence-electron chi connectivity index (χ3n) is 3.50. The summed E-state index contributed by atoms with van der Waals surface area (Å²) < 4.78 is 12.1. The van der Waals surface area contributed by atoms with Crippen molar-refractivity contribution in [2.24, 2.45) is 11.8 Å². The van der Waals surface area contributed by atoms with E-state index in [-0.39, 0.29) is 17.6 Å². The molecule has 0 aromatic heterocycles. The van der Waals surface area contributed by atoms with Gasteiger partial charge in [-0.1, -0.05) is 27.7 Å². The van der Waals surface area contributed by atoms with Crippen LogP contribution in [0.25, 0.3) is 0 Å². The van der Waals surface area contributed by atoms with E-state index >= 15 is 0 Å². The van der Waals surface area contributed by atoms with Gasteiger partial charge in [0.25, 0.3) is 5.79 Å². The van der Waals surface area contributed by atoms with Crippen molar-refractivity contribution in [3.8, 4) is 11.5 Å². The number of carbonyl (C=O) groups is 1. The molecule has 0 saturated heterocycles. The first-order valence-electron chi connectivity index (χ1n) is 6.40. The highest BCUT2D eigenvalue weighted by atomic mass is 16.7. The molecule has 0 saturated carbocycles. The van der Waals surface area contributed by atoms with E-state index in [9.17, 15) is 4.79 Å². The lowest BCUT2D eigenvalue weighted by Crippen LogP contribution is -2.48. The zero-order chi connectivity index (χ0) is 13.5. The van der Waals surface area contributed by atoms with Gasteiger partial charge in [0.15, 0.2) is 17.3 Å². The van der Waals surface area contributed by atoms with Gasteiger partial charge in [-0.05, 0) is 25.1 Å². The van der Waals surface area contributed by atoms with E-state index in [0.29, 0.717) is 11.3 Å². The Hall–Kier alpha value is -1.51. The lowest BCUT2D eigenvalue weighted by Gasteiger charge is -2.35. The summed E-state index contributed by atoms with van der Waals surface area (Å²) in [6, 6.07) is 5.37. The van der Waals surface area contributed by atoms with Crippen molar-refractivity contribution >= 4 is 5.78 Å². The van der Waals surface area contributed by atoms with E-state index in [1.165, 1.54) is 0 Å². The van der Waals surface area contributed by atoms with Crippen LogP contribution < -0.4 is 9.47 Å². The predicted octanol–water partition coefficient (Wildman–Crippen LogP) is 3.67. The molecule has 0 unspecified atom stereocenters. The maximum Gasteiger partial charge on any atom is 0.256 e. The molecule has 0 N–H and O–H groups in total. The van der Waals surface area contributed by atoms with Crippen molar-refractivity contribution < 1.29 is 14.3 Å². The molecule has 0 aliphatic carbocycles. The summed E-state index contributed by atoms with van der Waals surface area (Å²) in [5.74, 6) is 1.26. The summed E-state index contributed by atoms with van der Waals surface area (Å²) >= 11 is 0. The maximum absolute atomic E-state index is 11.4. The van der Waals surface area contributed by atoms with Gasteiger partial charge in [0.1, 0.15) is 0 Å². The number of carbonyl (C=O) groups excluding carboxylic acids is 1. The molecule has 2 rings (SSSR count). The summed E-state index contributed by atoms with van der Waals surface area (Å²) in [5, 5.41) is 0. The van der Waals surface area contributed by atoms with Gasteiger partial charge in [-0.15, -0.1) is 0 Å². The highest BCUT2D eigenvalue weighted by molar-refractivity contribution is 5.94. The van der Waals surface area contributed by atoms with Crippen molar-refractivity contribution in [2.45, 2.75) is 40.4 Å². The Bertz CT molecular complexity index is 467. The monoisotopic (exact) mass is 248 g/mol. The van der Waals surface area contributed by atoms with Gasteiger partial charge in [0.05, 0.1) is 0 Å². The normalized spacial score (nSPS) is 16.4. The van der Waals surface area contributed by atoms with Crippen molar-refractivity contribution in [2.75, 3.05) is 0 Å². The molecule has 1 aromatic carbocycles. The van der Waals surface area contributed by atoms with Crippen molar-refractivity contribution in [1.82, 2.24) is 0 Å². The highest BCUT2D eigenvalue weighted by Gasteiger charge is 2.47. The number of ketones is 1. The lowest BCUT2D eigenvalue weighted by atomic mass is 9.91. The fourth-order valence-corrected chi connectivity index (χ4v) is 2.39. The second kappa shape index (κ2) is 4.30. The molecular formula is C15H20O3. The standard InChI is InChI=1S/C15H20O3/c1-9(2)15(10(3)4)17-13-7-6-12(11(5)16)8-14(13)18-15/h6-10H,1-5H3. The third-order valence-corrected chi connectivity index (χ3v) is 3.50. The van der Waals surface area contributed by atoms with Gasteiger partial charge in [-0.3, -0.25) is 4.79 Å².